The van der Waals surface area contributed by atoms with E-state index in [1.165, 1.54) is 22.5 Å². The van der Waals surface area contributed by atoms with Crippen molar-refractivity contribution in [2.24, 2.45) is 0 Å². The number of benzene rings is 1. The molecule has 2 aromatic heterocycles. The highest BCUT2D eigenvalue weighted by Crippen LogP contribution is 2.56. The van der Waals surface area contributed by atoms with E-state index >= 15 is 0 Å². The van der Waals surface area contributed by atoms with Gasteiger partial charge < -0.3 is 9.26 Å². The lowest BCUT2D eigenvalue weighted by Crippen LogP contribution is -2.23. The van der Waals surface area contributed by atoms with Crippen molar-refractivity contribution in [3.63, 3.8) is 0 Å². The van der Waals surface area contributed by atoms with Crippen molar-refractivity contribution >= 4 is 23.4 Å². The van der Waals surface area contributed by atoms with Crippen LogP contribution in [-0.4, -0.2) is 32.3 Å². The van der Waals surface area contributed by atoms with Gasteiger partial charge in [0.15, 0.2) is 5.82 Å². The summed E-state index contributed by atoms with van der Waals surface area (Å²) in [5, 5.41) is 8.97. The van der Waals surface area contributed by atoms with Gasteiger partial charge >= 0.3 is 0 Å². The summed E-state index contributed by atoms with van der Waals surface area (Å²) in [5.74, 6) is 0.976. The Kier molecular flexibility index (Phi) is 5.29. The second kappa shape index (κ2) is 7.84. The topological polar surface area (TPSA) is 83.0 Å². The Balaban J connectivity index is 1.36. The molecule has 1 aromatic carbocycles. The Hall–Kier alpha value is -2.16. The number of methoxy groups -OCH3 is 1. The Labute approximate surface area is 164 Å². The monoisotopic (exact) mass is 404 g/mol. The van der Waals surface area contributed by atoms with E-state index in [2.05, 4.69) is 39.5 Å². The summed E-state index contributed by atoms with van der Waals surface area (Å²) < 4.78 is 11.6. The van der Waals surface area contributed by atoms with Gasteiger partial charge in [-0.05, 0) is 17.2 Å². The quantitative estimate of drug-likeness (QED) is 0.560. The lowest BCUT2D eigenvalue weighted by Gasteiger charge is -2.01. The van der Waals surface area contributed by atoms with Crippen LogP contribution in [0.25, 0.3) is 0 Å². The molecule has 27 heavy (non-hydrogen) atoms. The molecule has 1 aliphatic rings. The molecule has 1 saturated heterocycles. The van der Waals surface area contributed by atoms with Crippen molar-refractivity contribution in [3.05, 3.63) is 74.7 Å². The summed E-state index contributed by atoms with van der Waals surface area (Å²) in [6, 6.07) is 9.93. The number of thioether (sulfide) groups is 1. The van der Waals surface area contributed by atoms with Gasteiger partial charge in [-0.15, -0.1) is 11.8 Å². The van der Waals surface area contributed by atoms with Crippen molar-refractivity contribution in [3.8, 4) is 0 Å². The van der Waals surface area contributed by atoms with E-state index in [-0.39, 0.29) is 17.1 Å². The van der Waals surface area contributed by atoms with Crippen LogP contribution in [0.15, 0.2) is 45.8 Å². The molecule has 2 unspecified atom stereocenters. The van der Waals surface area contributed by atoms with Gasteiger partial charge in [-0.3, -0.25) is 4.79 Å². The third-order valence-electron chi connectivity index (χ3n) is 4.25. The molecule has 0 spiro atoms. The van der Waals surface area contributed by atoms with Crippen LogP contribution in [0.2, 0.25) is 5.02 Å². The smallest absolute Gasteiger partial charge is 0.285 e. The molecule has 3 heterocycles. The Morgan fingerprint density at radius 2 is 2.11 bits per heavy atom. The van der Waals surface area contributed by atoms with Crippen LogP contribution < -0.4 is 5.56 Å². The Morgan fingerprint density at radius 1 is 1.30 bits per heavy atom. The first-order valence-corrected chi connectivity index (χ1v) is 9.72. The van der Waals surface area contributed by atoms with Gasteiger partial charge in [0.05, 0.1) is 6.61 Å². The zero-order valence-corrected chi connectivity index (χ0v) is 16.1. The minimum Gasteiger partial charge on any atom is -0.380 e. The first-order chi connectivity index (χ1) is 13.1. The van der Waals surface area contributed by atoms with Crippen molar-refractivity contribution in [1.29, 1.82) is 0 Å². The molecule has 1 aliphatic heterocycles. The van der Waals surface area contributed by atoms with Gasteiger partial charge in [0.1, 0.15) is 11.6 Å². The first-order valence-electron chi connectivity index (χ1n) is 8.40. The molecule has 0 saturated carbocycles. The molecular weight excluding hydrogens is 388 g/mol. The highest BCUT2D eigenvalue weighted by molar-refractivity contribution is 8.07. The Morgan fingerprint density at radius 3 is 2.89 bits per heavy atom. The van der Waals surface area contributed by atoms with E-state index in [1.54, 1.807) is 7.11 Å². The Bertz CT molecular complexity index is 989. The third kappa shape index (κ3) is 4.23. The molecule has 0 amide bonds. The molecule has 0 aliphatic carbocycles. The number of nitrogens with zero attached hydrogens (tertiary/aromatic N) is 4. The number of hydrogen-bond acceptors (Lipinski definition) is 7. The van der Waals surface area contributed by atoms with Gasteiger partial charge in [0, 0.05) is 30.2 Å². The van der Waals surface area contributed by atoms with Crippen molar-refractivity contribution < 1.29 is 9.26 Å². The van der Waals surface area contributed by atoms with Crippen LogP contribution in [0, 0.1) is 0 Å². The number of halogens is 1. The second-order valence-electron chi connectivity index (χ2n) is 6.22. The third-order valence-corrected chi connectivity index (χ3v) is 5.90. The van der Waals surface area contributed by atoms with Crippen LogP contribution in [-0.2, 0) is 24.3 Å². The molecule has 4 rings (SSSR count). The molecule has 3 aromatic rings. The molecule has 9 heteroatoms. The maximum Gasteiger partial charge on any atom is 0.285 e. The maximum atomic E-state index is 11.9. The fourth-order valence-electron chi connectivity index (χ4n) is 2.85. The molecule has 1 fully saturated rings. The molecular formula is C18H17ClN4O3S. The summed E-state index contributed by atoms with van der Waals surface area (Å²) in [6.45, 7) is 0.728. The van der Waals surface area contributed by atoms with E-state index < -0.39 is 0 Å². The number of aromatic nitrogens is 4. The predicted octanol–water partition coefficient (Wildman–Crippen LogP) is 2.87. The molecule has 0 bridgehead atoms. The van der Waals surface area contributed by atoms with E-state index in [4.69, 9.17) is 20.9 Å². The number of ether oxygens (including phenoxy) is 1. The van der Waals surface area contributed by atoms with Crippen LogP contribution in [0.5, 0.6) is 0 Å². The van der Waals surface area contributed by atoms with Gasteiger partial charge in [-0.25, -0.2) is 4.68 Å². The van der Waals surface area contributed by atoms with Gasteiger partial charge in [0.25, 0.3) is 5.56 Å². The molecule has 0 radical (unpaired) electrons. The van der Waals surface area contributed by atoms with E-state index in [0.717, 1.165) is 12.0 Å². The second-order valence-corrected chi connectivity index (χ2v) is 8.01. The highest BCUT2D eigenvalue weighted by Gasteiger charge is 2.40. The zero-order valence-electron chi connectivity index (χ0n) is 14.5. The van der Waals surface area contributed by atoms with E-state index in [0.29, 0.717) is 28.8 Å². The molecule has 140 valence electrons. The summed E-state index contributed by atoms with van der Waals surface area (Å²) >= 11 is 7.70. The van der Waals surface area contributed by atoms with Crippen molar-refractivity contribution in [2.75, 3.05) is 7.11 Å². The van der Waals surface area contributed by atoms with Gasteiger partial charge in [0.2, 0.25) is 5.89 Å². The van der Waals surface area contributed by atoms with Crippen LogP contribution >= 0.6 is 23.4 Å². The first kappa shape index (κ1) is 18.2. The van der Waals surface area contributed by atoms with E-state index in [1.807, 2.05) is 11.8 Å². The average Bonchev–Trinajstić information content (AvgIpc) is 3.29. The number of rotatable bonds is 7. The van der Waals surface area contributed by atoms with E-state index in [9.17, 15) is 4.79 Å². The maximum absolute atomic E-state index is 11.9. The van der Waals surface area contributed by atoms with Crippen molar-refractivity contribution in [1.82, 2.24) is 19.9 Å². The number of hydrogen-bond donors (Lipinski definition) is 0. The standard InChI is InChI=1S/C18H17ClN4O3S/c1-25-10-11-2-4-12(5-3-11)17-14(27-17)8-15-21-16(26-22-15)9-23-18(24)13(19)6-7-20-23/h2-7,14,17H,8-10H2,1H3. The normalized spacial score (nSPS) is 18.6. The fraction of sp³-hybridized carbons (Fsp3) is 0.333. The molecule has 0 N–H and O–H groups in total. The summed E-state index contributed by atoms with van der Waals surface area (Å²) in [4.78, 5) is 16.3. The SMILES string of the molecule is COCc1ccc(C2SC2Cc2noc(Cn3nccc(Cl)c3=O)n2)cc1. The molecule has 7 nitrogen and oxygen atoms in total. The van der Waals surface area contributed by atoms with Crippen LogP contribution in [0.1, 0.15) is 28.1 Å². The van der Waals surface area contributed by atoms with Crippen LogP contribution in [0.4, 0.5) is 0 Å². The highest BCUT2D eigenvalue weighted by atomic mass is 35.5. The lowest BCUT2D eigenvalue weighted by molar-refractivity contribution is 0.185. The average molecular weight is 405 g/mol. The minimum absolute atomic E-state index is 0.106. The lowest BCUT2D eigenvalue weighted by atomic mass is 10.1. The largest absolute Gasteiger partial charge is 0.380 e. The summed E-state index contributed by atoms with van der Waals surface area (Å²) in [5.41, 5.74) is 2.08. The summed E-state index contributed by atoms with van der Waals surface area (Å²) in [7, 11) is 1.69. The molecule has 2 atom stereocenters. The van der Waals surface area contributed by atoms with Crippen molar-refractivity contribution in [2.45, 2.75) is 30.1 Å². The zero-order chi connectivity index (χ0) is 18.8. The minimum atomic E-state index is -0.381. The van der Waals surface area contributed by atoms with Crippen LogP contribution in [0.3, 0.4) is 0 Å². The van der Waals surface area contributed by atoms with Gasteiger partial charge in [-0.2, -0.15) is 10.1 Å². The van der Waals surface area contributed by atoms with Gasteiger partial charge in [-0.1, -0.05) is 41.0 Å². The predicted molar refractivity (Wildman–Crippen MR) is 102 cm³/mol. The summed E-state index contributed by atoms with van der Waals surface area (Å²) in [6.07, 6.45) is 2.18. The fourth-order valence-corrected chi connectivity index (χ4v) is 4.10.